The van der Waals surface area contributed by atoms with Gasteiger partial charge in [0.1, 0.15) is 12.1 Å². The minimum Gasteiger partial charge on any atom is -0.480 e. The van der Waals surface area contributed by atoms with Crippen LogP contribution in [0.25, 0.3) is 0 Å². The van der Waals surface area contributed by atoms with Crippen LogP contribution in [0.2, 0.25) is 0 Å². The predicted octanol–water partition coefficient (Wildman–Crippen LogP) is 5.11. The van der Waals surface area contributed by atoms with Crippen molar-refractivity contribution in [3.05, 3.63) is 23.8 Å². The van der Waals surface area contributed by atoms with Crippen LogP contribution in [0.3, 0.4) is 0 Å². The first-order valence-corrected chi connectivity index (χ1v) is 12.9. The van der Waals surface area contributed by atoms with Crippen molar-refractivity contribution < 1.29 is 52.7 Å². The predicted molar refractivity (Wildman–Crippen MR) is 140 cm³/mol. The molecule has 0 heterocycles. The number of hydrogen-bond acceptors (Lipinski definition) is 11. The summed E-state index contributed by atoms with van der Waals surface area (Å²) < 4.78 is 30.9. The van der Waals surface area contributed by atoms with E-state index < -0.39 is 42.3 Å². The maximum atomic E-state index is 12.3. The van der Waals surface area contributed by atoms with Gasteiger partial charge in [0, 0.05) is 5.92 Å². The zero-order valence-corrected chi connectivity index (χ0v) is 23.6. The van der Waals surface area contributed by atoms with Gasteiger partial charge in [-0.25, -0.2) is 14.4 Å². The molecule has 0 amide bonds. The minimum atomic E-state index is -1.42. The SMILES string of the molecule is CCC(C)OC(=O)OCC(C)C(c1ccc(OC(=O)OCC(C)C)c(OC(=O)OCC(C)C)c1)[C@H](N)C(=O)O. The topological polar surface area (TPSA) is 170 Å². The van der Waals surface area contributed by atoms with Crippen molar-refractivity contribution in [3.8, 4) is 11.5 Å². The van der Waals surface area contributed by atoms with Crippen molar-refractivity contribution in [1.29, 1.82) is 0 Å². The van der Waals surface area contributed by atoms with E-state index in [9.17, 15) is 24.3 Å². The molecule has 0 fully saturated rings. The lowest BCUT2D eigenvalue weighted by Crippen LogP contribution is -2.40. The quantitative estimate of drug-likeness (QED) is 0.177. The van der Waals surface area contributed by atoms with Gasteiger partial charge in [-0.3, -0.25) is 4.79 Å². The highest BCUT2D eigenvalue weighted by molar-refractivity contribution is 5.75. The summed E-state index contributed by atoms with van der Waals surface area (Å²) in [5, 5.41) is 9.66. The highest BCUT2D eigenvalue weighted by atomic mass is 16.7. The van der Waals surface area contributed by atoms with Gasteiger partial charge in [0.25, 0.3) is 0 Å². The summed E-state index contributed by atoms with van der Waals surface area (Å²) in [5.41, 5.74) is 6.34. The number of ether oxygens (including phenoxy) is 6. The van der Waals surface area contributed by atoms with E-state index in [0.29, 0.717) is 12.0 Å². The summed E-state index contributed by atoms with van der Waals surface area (Å²) in [6, 6.07) is 2.70. The van der Waals surface area contributed by atoms with Crippen molar-refractivity contribution in [2.75, 3.05) is 19.8 Å². The molecule has 0 aliphatic rings. The van der Waals surface area contributed by atoms with E-state index in [2.05, 4.69) is 0 Å². The van der Waals surface area contributed by atoms with E-state index in [1.807, 2.05) is 34.6 Å². The van der Waals surface area contributed by atoms with Gasteiger partial charge >= 0.3 is 24.4 Å². The van der Waals surface area contributed by atoms with Crippen LogP contribution in [0.15, 0.2) is 18.2 Å². The lowest BCUT2D eigenvalue weighted by atomic mass is 9.82. The Bertz CT molecular complexity index is 963. The van der Waals surface area contributed by atoms with Crippen LogP contribution in [-0.4, -0.2) is 61.5 Å². The fourth-order valence-electron chi connectivity index (χ4n) is 3.23. The molecule has 4 atom stereocenters. The van der Waals surface area contributed by atoms with Gasteiger partial charge in [0.2, 0.25) is 0 Å². The van der Waals surface area contributed by atoms with Gasteiger partial charge in [0.05, 0.1) is 19.8 Å². The average Bonchev–Trinajstić information content (AvgIpc) is 2.86. The summed E-state index contributed by atoms with van der Waals surface area (Å²) in [4.78, 5) is 48.3. The van der Waals surface area contributed by atoms with Gasteiger partial charge in [-0.1, -0.05) is 47.6 Å². The Balaban J connectivity index is 3.30. The second-order valence-corrected chi connectivity index (χ2v) is 10.1. The number of hydrogen-bond donors (Lipinski definition) is 2. The van der Waals surface area contributed by atoms with Crippen LogP contribution in [-0.2, 0) is 23.7 Å². The van der Waals surface area contributed by atoms with Gasteiger partial charge in [0.15, 0.2) is 11.5 Å². The van der Waals surface area contributed by atoms with Crippen LogP contribution in [0, 0.1) is 17.8 Å². The Morgan fingerprint density at radius 1 is 0.795 bits per heavy atom. The van der Waals surface area contributed by atoms with Crippen molar-refractivity contribution >= 4 is 24.4 Å². The number of nitrogens with two attached hydrogens (primary N) is 1. The van der Waals surface area contributed by atoms with E-state index >= 15 is 0 Å². The average molecular weight is 556 g/mol. The molecule has 0 saturated carbocycles. The van der Waals surface area contributed by atoms with E-state index in [1.54, 1.807) is 13.8 Å². The Morgan fingerprint density at radius 3 is 1.79 bits per heavy atom. The van der Waals surface area contributed by atoms with Crippen LogP contribution in [0.5, 0.6) is 11.5 Å². The first kappa shape index (κ1) is 33.5. The molecule has 1 rings (SSSR count). The monoisotopic (exact) mass is 555 g/mol. The Kier molecular flexibility index (Phi) is 14.1. The van der Waals surface area contributed by atoms with Crippen LogP contribution in [0.4, 0.5) is 14.4 Å². The molecule has 0 bridgehead atoms. The van der Waals surface area contributed by atoms with E-state index in [1.165, 1.54) is 18.2 Å². The highest BCUT2D eigenvalue weighted by Crippen LogP contribution is 2.36. The van der Waals surface area contributed by atoms with Crippen molar-refractivity contribution in [3.63, 3.8) is 0 Å². The third-order valence-corrected chi connectivity index (χ3v) is 5.43. The third kappa shape index (κ3) is 12.2. The number of carboxylic acids is 1. The molecular weight excluding hydrogens is 514 g/mol. The molecule has 0 aromatic heterocycles. The Morgan fingerprint density at radius 2 is 1.31 bits per heavy atom. The summed E-state index contributed by atoms with van der Waals surface area (Å²) >= 11 is 0. The van der Waals surface area contributed by atoms with Crippen molar-refractivity contribution in [1.82, 2.24) is 0 Å². The molecule has 220 valence electrons. The molecule has 1 aromatic carbocycles. The number of benzene rings is 1. The van der Waals surface area contributed by atoms with E-state index in [-0.39, 0.29) is 49.3 Å². The number of rotatable bonds is 14. The maximum absolute atomic E-state index is 12.3. The molecule has 12 nitrogen and oxygen atoms in total. The van der Waals surface area contributed by atoms with E-state index in [4.69, 9.17) is 34.2 Å². The van der Waals surface area contributed by atoms with Crippen LogP contribution >= 0.6 is 0 Å². The van der Waals surface area contributed by atoms with Crippen molar-refractivity contribution in [2.45, 2.75) is 73.0 Å². The number of carbonyl (C=O) groups is 4. The summed E-state index contributed by atoms with van der Waals surface area (Å²) in [6.07, 6.45) is -2.71. The molecule has 39 heavy (non-hydrogen) atoms. The fourth-order valence-corrected chi connectivity index (χ4v) is 3.23. The Hall–Kier alpha value is -3.54. The van der Waals surface area contributed by atoms with Gasteiger partial charge < -0.3 is 39.3 Å². The molecule has 0 saturated heterocycles. The molecule has 0 aliphatic heterocycles. The lowest BCUT2D eigenvalue weighted by Gasteiger charge is -2.28. The minimum absolute atomic E-state index is 0.0383. The smallest absolute Gasteiger partial charge is 0.480 e. The van der Waals surface area contributed by atoms with Gasteiger partial charge in [-0.05, 0) is 48.8 Å². The number of aliphatic carboxylic acids is 1. The molecule has 12 heteroatoms. The second kappa shape index (κ2) is 16.4. The van der Waals surface area contributed by atoms with Crippen molar-refractivity contribution in [2.24, 2.45) is 23.5 Å². The zero-order chi connectivity index (χ0) is 29.7. The largest absolute Gasteiger partial charge is 0.513 e. The third-order valence-electron chi connectivity index (χ3n) is 5.43. The first-order valence-electron chi connectivity index (χ1n) is 12.9. The molecular formula is C27H41NO11. The summed E-state index contributed by atoms with van der Waals surface area (Å²) in [7, 11) is 0. The summed E-state index contributed by atoms with van der Waals surface area (Å²) in [6.45, 7) is 12.6. The molecule has 0 spiro atoms. The normalized spacial score (nSPS) is 14.1. The Labute approximate surface area is 229 Å². The van der Waals surface area contributed by atoms with Gasteiger partial charge in [-0.2, -0.15) is 0 Å². The molecule has 3 N–H and O–H groups in total. The van der Waals surface area contributed by atoms with Gasteiger partial charge in [-0.15, -0.1) is 0 Å². The van der Waals surface area contributed by atoms with E-state index in [0.717, 1.165) is 0 Å². The van der Waals surface area contributed by atoms with Crippen LogP contribution in [0.1, 0.15) is 66.4 Å². The summed E-state index contributed by atoms with van der Waals surface area (Å²) in [5.74, 6) is -3.08. The zero-order valence-electron chi connectivity index (χ0n) is 23.6. The highest BCUT2D eigenvalue weighted by Gasteiger charge is 2.33. The lowest BCUT2D eigenvalue weighted by molar-refractivity contribution is -0.139. The van der Waals surface area contributed by atoms with Crippen LogP contribution < -0.4 is 15.2 Å². The molecule has 0 radical (unpaired) electrons. The maximum Gasteiger partial charge on any atom is 0.513 e. The fraction of sp³-hybridized carbons (Fsp3) is 0.630. The molecule has 3 unspecified atom stereocenters. The second-order valence-electron chi connectivity index (χ2n) is 10.1. The molecule has 1 aromatic rings. The number of carbonyl (C=O) groups excluding carboxylic acids is 3. The standard InChI is InChI=1S/C27H41NO11/c1-8-18(7)37-25(31)36-14-17(6)22(23(28)24(29)30)19-9-10-20(38-26(32)34-12-15(2)3)21(11-19)39-27(33)35-13-16(4)5/h9-11,15-18,22-23H,8,12-14,28H2,1-7H3,(H,29,30)/t17?,18?,22?,23-/m0/s1. The number of carboxylic acid groups (broad SMARTS) is 1. The molecule has 0 aliphatic carbocycles. The first-order chi connectivity index (χ1) is 18.2.